The monoisotopic (exact) mass is 408 g/mol. The maximum absolute atomic E-state index is 13.1. The first-order chi connectivity index (χ1) is 14.5. The lowest BCUT2D eigenvalue weighted by molar-refractivity contribution is -0.117. The number of nitrogens with one attached hydrogen (secondary N) is 2. The number of hydrogen-bond acceptors (Lipinski definition) is 3. The number of halogens is 1. The molecule has 0 atom stereocenters. The molecule has 0 fully saturated rings. The minimum Gasteiger partial charge on any atom is -0.324 e. The number of carbonyl (C=O) groups excluding carboxylic acids is 1. The van der Waals surface area contributed by atoms with Crippen molar-refractivity contribution >= 4 is 11.6 Å². The number of amides is 1. The van der Waals surface area contributed by atoms with Crippen molar-refractivity contribution in [1.29, 1.82) is 0 Å². The van der Waals surface area contributed by atoms with Gasteiger partial charge in [0.2, 0.25) is 5.91 Å². The maximum atomic E-state index is 13.1. The molecule has 3 aromatic rings. The fourth-order valence-corrected chi connectivity index (χ4v) is 3.50. The maximum Gasteiger partial charge on any atom is 0.238 e. The second kappa shape index (κ2) is 10.2. The second-order valence-corrected chi connectivity index (χ2v) is 7.64. The number of hydrogen-bond donors (Lipinski definition) is 2. The molecule has 1 heterocycles. The van der Waals surface area contributed by atoms with Crippen LogP contribution < -0.4 is 5.32 Å². The van der Waals surface area contributed by atoms with E-state index in [0.717, 1.165) is 59.6 Å². The van der Waals surface area contributed by atoms with Gasteiger partial charge in [0.05, 0.1) is 12.2 Å². The van der Waals surface area contributed by atoms with Crippen molar-refractivity contribution < 1.29 is 9.18 Å². The highest BCUT2D eigenvalue weighted by atomic mass is 19.1. The lowest BCUT2D eigenvalue weighted by Gasteiger charge is -2.18. The predicted octanol–water partition coefficient (Wildman–Crippen LogP) is 4.59. The molecule has 3 rings (SSSR count). The number of benzene rings is 2. The minimum absolute atomic E-state index is 0.00152. The van der Waals surface area contributed by atoms with Gasteiger partial charge in [-0.05, 0) is 81.2 Å². The Hall–Kier alpha value is -2.99. The van der Waals surface area contributed by atoms with E-state index in [1.165, 1.54) is 12.1 Å². The fraction of sp³-hybridized carbons (Fsp3) is 0.333. The standard InChI is InChI=1S/C24H29FN4O/c1-4-18-8-5-7-17(2)24(18)26-23(30)16-29(3)14-6-9-21-15-22(28-27-21)19-10-12-20(25)13-11-19/h5,7-8,10-13,15H,4,6,9,14,16H2,1-3H3,(H,26,30)(H,27,28). The molecule has 0 saturated heterocycles. The van der Waals surface area contributed by atoms with Crippen LogP contribution >= 0.6 is 0 Å². The zero-order valence-electron chi connectivity index (χ0n) is 17.8. The molecule has 5 nitrogen and oxygen atoms in total. The highest BCUT2D eigenvalue weighted by Gasteiger charge is 2.11. The number of rotatable bonds is 9. The van der Waals surface area contributed by atoms with Crippen molar-refractivity contribution in [1.82, 2.24) is 15.1 Å². The third-order valence-corrected chi connectivity index (χ3v) is 5.17. The van der Waals surface area contributed by atoms with Crippen molar-refractivity contribution in [3.8, 4) is 11.3 Å². The third-order valence-electron chi connectivity index (χ3n) is 5.17. The van der Waals surface area contributed by atoms with Gasteiger partial charge in [0, 0.05) is 16.9 Å². The molecule has 0 aliphatic rings. The topological polar surface area (TPSA) is 61.0 Å². The van der Waals surface area contributed by atoms with E-state index in [1.807, 2.05) is 37.1 Å². The number of H-pyrrole nitrogens is 1. The van der Waals surface area contributed by atoms with Gasteiger partial charge in [-0.25, -0.2) is 4.39 Å². The Morgan fingerprint density at radius 1 is 1.20 bits per heavy atom. The van der Waals surface area contributed by atoms with Gasteiger partial charge < -0.3 is 5.32 Å². The van der Waals surface area contributed by atoms with Gasteiger partial charge in [0.25, 0.3) is 0 Å². The van der Waals surface area contributed by atoms with Crippen LogP contribution in [0, 0.1) is 12.7 Å². The van der Waals surface area contributed by atoms with Gasteiger partial charge in [-0.15, -0.1) is 0 Å². The predicted molar refractivity (Wildman–Crippen MR) is 119 cm³/mol. The number of anilines is 1. The molecule has 30 heavy (non-hydrogen) atoms. The zero-order valence-corrected chi connectivity index (χ0v) is 17.8. The summed E-state index contributed by atoms with van der Waals surface area (Å²) in [6, 6.07) is 14.4. The normalized spacial score (nSPS) is 11.1. The average Bonchev–Trinajstić information content (AvgIpc) is 3.19. The number of likely N-dealkylation sites (N-methyl/N-ethyl adjacent to an activating group) is 1. The van der Waals surface area contributed by atoms with E-state index in [4.69, 9.17) is 0 Å². The van der Waals surface area contributed by atoms with Gasteiger partial charge in [0.1, 0.15) is 5.82 Å². The first-order valence-electron chi connectivity index (χ1n) is 10.3. The SMILES string of the molecule is CCc1cccc(C)c1NC(=O)CN(C)CCCc1cc(-c2ccc(F)cc2)n[nH]1. The highest BCUT2D eigenvalue weighted by Crippen LogP contribution is 2.21. The van der Waals surface area contributed by atoms with E-state index in [1.54, 1.807) is 12.1 Å². The summed E-state index contributed by atoms with van der Waals surface area (Å²) in [5, 5.41) is 10.4. The molecule has 2 aromatic carbocycles. The van der Waals surface area contributed by atoms with Crippen molar-refractivity contribution in [2.75, 3.05) is 25.5 Å². The quantitative estimate of drug-likeness (QED) is 0.544. The summed E-state index contributed by atoms with van der Waals surface area (Å²) in [5.74, 6) is -0.253. The molecule has 1 aromatic heterocycles. The Bertz CT molecular complexity index is 981. The second-order valence-electron chi connectivity index (χ2n) is 7.64. The molecule has 158 valence electrons. The summed E-state index contributed by atoms with van der Waals surface area (Å²) in [7, 11) is 1.95. The highest BCUT2D eigenvalue weighted by molar-refractivity contribution is 5.93. The summed E-state index contributed by atoms with van der Waals surface area (Å²) in [6.45, 7) is 5.25. The van der Waals surface area contributed by atoms with E-state index in [0.29, 0.717) is 6.54 Å². The minimum atomic E-state index is -0.255. The van der Waals surface area contributed by atoms with Gasteiger partial charge in [-0.2, -0.15) is 5.10 Å². The Morgan fingerprint density at radius 2 is 1.97 bits per heavy atom. The third kappa shape index (κ3) is 5.76. The number of nitrogens with zero attached hydrogens (tertiary/aromatic N) is 2. The van der Waals surface area contributed by atoms with Gasteiger partial charge in [0.15, 0.2) is 0 Å². The van der Waals surface area contributed by atoms with E-state index < -0.39 is 0 Å². The molecule has 0 unspecified atom stereocenters. The van der Waals surface area contributed by atoms with Gasteiger partial charge >= 0.3 is 0 Å². The van der Waals surface area contributed by atoms with Crippen LogP contribution in [-0.2, 0) is 17.6 Å². The summed E-state index contributed by atoms with van der Waals surface area (Å²) in [5.41, 5.74) is 5.89. The summed E-state index contributed by atoms with van der Waals surface area (Å²) in [6.07, 6.45) is 2.62. The van der Waals surface area contributed by atoms with Crippen LogP contribution in [0.1, 0.15) is 30.2 Å². The smallest absolute Gasteiger partial charge is 0.238 e. The molecule has 0 radical (unpaired) electrons. The van der Waals surface area contributed by atoms with Crippen molar-refractivity contribution in [3.05, 3.63) is 71.2 Å². The number of aromatic nitrogens is 2. The average molecular weight is 409 g/mol. The lowest BCUT2D eigenvalue weighted by atomic mass is 10.1. The molecule has 0 bridgehead atoms. The molecule has 2 N–H and O–H groups in total. The molecule has 0 aliphatic carbocycles. The van der Waals surface area contributed by atoms with Gasteiger partial charge in [-0.3, -0.25) is 14.8 Å². The van der Waals surface area contributed by atoms with Crippen LogP contribution in [0.3, 0.4) is 0 Å². The Kier molecular flexibility index (Phi) is 7.36. The van der Waals surface area contributed by atoms with Crippen LogP contribution in [-0.4, -0.2) is 41.1 Å². The summed E-state index contributed by atoms with van der Waals surface area (Å²) < 4.78 is 13.1. The van der Waals surface area contributed by atoms with Crippen LogP contribution in [0.5, 0.6) is 0 Å². The molecule has 0 saturated carbocycles. The molecular formula is C24H29FN4O. The Balaban J connectivity index is 1.46. The lowest BCUT2D eigenvalue weighted by Crippen LogP contribution is -2.31. The van der Waals surface area contributed by atoms with Crippen molar-refractivity contribution in [3.63, 3.8) is 0 Å². The number of aryl methyl sites for hydroxylation is 3. The number of para-hydroxylation sites is 1. The summed E-state index contributed by atoms with van der Waals surface area (Å²) in [4.78, 5) is 14.5. The molecule has 1 amide bonds. The zero-order chi connectivity index (χ0) is 21.5. The molecule has 0 spiro atoms. The van der Waals surface area contributed by atoms with E-state index >= 15 is 0 Å². The van der Waals surface area contributed by atoms with E-state index in [9.17, 15) is 9.18 Å². The first-order valence-corrected chi connectivity index (χ1v) is 10.3. The van der Waals surface area contributed by atoms with Crippen molar-refractivity contribution in [2.45, 2.75) is 33.1 Å². The molecular weight excluding hydrogens is 379 g/mol. The van der Waals surface area contributed by atoms with Gasteiger partial charge in [-0.1, -0.05) is 25.1 Å². The Labute approximate surface area is 177 Å². The van der Waals surface area contributed by atoms with Crippen LogP contribution in [0.2, 0.25) is 0 Å². The van der Waals surface area contributed by atoms with Crippen LogP contribution in [0.4, 0.5) is 10.1 Å². The number of aromatic amines is 1. The number of carbonyl (C=O) groups is 1. The largest absolute Gasteiger partial charge is 0.324 e. The van der Waals surface area contributed by atoms with Crippen molar-refractivity contribution in [2.24, 2.45) is 0 Å². The Morgan fingerprint density at radius 3 is 2.70 bits per heavy atom. The van der Waals surface area contributed by atoms with Crippen LogP contribution in [0.15, 0.2) is 48.5 Å². The summed E-state index contributed by atoms with van der Waals surface area (Å²) >= 11 is 0. The first kappa shape index (κ1) is 21.7. The molecule has 6 heteroatoms. The van der Waals surface area contributed by atoms with E-state index in [-0.39, 0.29) is 11.7 Å². The molecule has 0 aliphatic heterocycles. The fourth-order valence-electron chi connectivity index (χ4n) is 3.50. The van der Waals surface area contributed by atoms with E-state index in [2.05, 4.69) is 28.5 Å². The van der Waals surface area contributed by atoms with Crippen LogP contribution in [0.25, 0.3) is 11.3 Å².